The highest BCUT2D eigenvalue weighted by molar-refractivity contribution is 5.96. The number of aliphatic hydroxyl groups excluding tert-OH is 1. The second kappa shape index (κ2) is 10.2. The van der Waals surface area contributed by atoms with Gasteiger partial charge >= 0.3 is 0 Å². The lowest BCUT2D eigenvalue weighted by Gasteiger charge is -2.28. The third-order valence-electron chi connectivity index (χ3n) is 6.54. The first-order valence-corrected chi connectivity index (χ1v) is 11.9. The average Bonchev–Trinajstić information content (AvgIpc) is 2.90. The van der Waals surface area contributed by atoms with Gasteiger partial charge in [0.25, 0.3) is 5.91 Å². The van der Waals surface area contributed by atoms with E-state index in [4.69, 9.17) is 4.74 Å². The van der Waals surface area contributed by atoms with Crippen molar-refractivity contribution in [2.24, 2.45) is 0 Å². The number of methoxy groups -OCH3 is 1. The predicted octanol–water partition coefficient (Wildman–Crippen LogP) is 4.32. The Kier molecular flexibility index (Phi) is 6.68. The average molecular weight is 469 g/mol. The largest absolute Gasteiger partial charge is 0.481 e. The summed E-state index contributed by atoms with van der Waals surface area (Å²) >= 11 is 0. The lowest BCUT2D eigenvalue weighted by Crippen LogP contribution is -2.45. The molecule has 2 N–H and O–H groups in total. The van der Waals surface area contributed by atoms with E-state index in [1.807, 2.05) is 60.8 Å². The number of aromatic nitrogens is 3. The van der Waals surface area contributed by atoms with Crippen LogP contribution in [0.1, 0.15) is 47.3 Å². The Hall–Kier alpha value is -3.84. The number of para-hydroxylation sites is 1. The van der Waals surface area contributed by atoms with Gasteiger partial charge in [-0.3, -0.25) is 9.78 Å². The minimum Gasteiger partial charge on any atom is -0.481 e. The zero-order valence-electron chi connectivity index (χ0n) is 19.6. The second-order valence-electron chi connectivity index (χ2n) is 8.90. The number of aliphatic hydroxyl groups is 1. The normalized spacial score (nSPS) is 17.8. The molecule has 35 heavy (non-hydrogen) atoms. The van der Waals surface area contributed by atoms with Gasteiger partial charge in [-0.25, -0.2) is 9.97 Å². The summed E-state index contributed by atoms with van der Waals surface area (Å²) in [5.74, 6) is 0.284. The number of carbonyl (C=O) groups excluding carboxylic acids is 1. The summed E-state index contributed by atoms with van der Waals surface area (Å²) in [6.45, 7) is 0. The summed E-state index contributed by atoms with van der Waals surface area (Å²) in [6.07, 6.45) is 7.13. The number of rotatable bonds is 6. The van der Waals surface area contributed by atoms with Crippen LogP contribution in [0.15, 0.2) is 67.0 Å². The van der Waals surface area contributed by atoms with Gasteiger partial charge in [0.1, 0.15) is 5.69 Å². The Balaban J connectivity index is 1.42. The molecule has 4 aromatic rings. The van der Waals surface area contributed by atoms with E-state index < -0.39 is 6.10 Å². The van der Waals surface area contributed by atoms with Crippen LogP contribution in [-0.4, -0.2) is 45.2 Å². The van der Waals surface area contributed by atoms with Crippen molar-refractivity contribution in [2.75, 3.05) is 7.11 Å². The van der Waals surface area contributed by atoms with Crippen LogP contribution in [0.25, 0.3) is 22.2 Å². The van der Waals surface area contributed by atoms with E-state index in [0.717, 1.165) is 59.0 Å². The Bertz CT molecular complexity index is 1340. The summed E-state index contributed by atoms with van der Waals surface area (Å²) < 4.78 is 5.36. The van der Waals surface area contributed by atoms with E-state index in [9.17, 15) is 9.90 Å². The molecule has 3 heterocycles. The van der Waals surface area contributed by atoms with Crippen molar-refractivity contribution in [2.45, 2.75) is 44.2 Å². The molecule has 5 rings (SSSR count). The van der Waals surface area contributed by atoms with Gasteiger partial charge in [-0.05, 0) is 60.7 Å². The lowest BCUT2D eigenvalue weighted by atomic mass is 9.92. The van der Waals surface area contributed by atoms with Gasteiger partial charge in [0, 0.05) is 17.8 Å². The number of pyridine rings is 3. The van der Waals surface area contributed by atoms with Crippen LogP contribution in [0.5, 0.6) is 5.88 Å². The quantitative estimate of drug-likeness (QED) is 0.437. The molecular formula is C28H28N4O3. The molecule has 7 nitrogen and oxygen atoms in total. The molecule has 1 fully saturated rings. The number of carbonyl (C=O) groups is 1. The molecule has 2 atom stereocenters. The van der Waals surface area contributed by atoms with Crippen molar-refractivity contribution in [3.8, 4) is 17.1 Å². The number of ether oxygens (including phenoxy) is 1. The number of nitrogens with one attached hydrogen (secondary N) is 1. The molecule has 0 radical (unpaired) electrons. The number of nitrogens with zero attached hydrogens (tertiary/aromatic N) is 3. The number of hydrogen-bond donors (Lipinski definition) is 2. The zero-order chi connectivity index (χ0) is 24.2. The summed E-state index contributed by atoms with van der Waals surface area (Å²) in [4.78, 5) is 26.5. The molecule has 1 aliphatic carbocycles. The number of benzene rings is 1. The number of hydrogen-bond acceptors (Lipinski definition) is 6. The molecule has 1 saturated carbocycles. The summed E-state index contributed by atoms with van der Waals surface area (Å²) in [5, 5.41) is 14.3. The standard InChI is InChI=1S/C28H28N4O3/c1-35-28-21(8-6-14-29-28)22-13-12-18(17-30-22)15-19-16-25(31-23-9-3-2-7-20(19)23)27(34)32-24-10-4-5-11-26(24)33/h2-3,6-9,12-14,16-17,24,26,33H,4-5,10-11,15H2,1H3,(H,32,34)/t24-,26-/m0/s1. The van der Waals surface area contributed by atoms with Crippen molar-refractivity contribution in [3.05, 3.63) is 83.8 Å². The summed E-state index contributed by atoms with van der Waals surface area (Å²) in [5.41, 5.74) is 4.76. The Labute approximate surface area is 204 Å². The Morgan fingerprint density at radius 3 is 2.74 bits per heavy atom. The maximum Gasteiger partial charge on any atom is 0.270 e. The number of amides is 1. The molecule has 0 aliphatic heterocycles. The highest BCUT2D eigenvalue weighted by Crippen LogP contribution is 2.27. The highest BCUT2D eigenvalue weighted by atomic mass is 16.5. The van der Waals surface area contributed by atoms with Gasteiger partial charge in [-0.15, -0.1) is 0 Å². The van der Waals surface area contributed by atoms with Crippen LogP contribution < -0.4 is 10.1 Å². The second-order valence-corrected chi connectivity index (χ2v) is 8.90. The summed E-state index contributed by atoms with van der Waals surface area (Å²) in [6, 6.07) is 17.2. The molecule has 1 amide bonds. The van der Waals surface area contributed by atoms with Gasteiger partial charge in [0.15, 0.2) is 0 Å². The van der Waals surface area contributed by atoms with Crippen molar-refractivity contribution in [3.63, 3.8) is 0 Å². The minimum absolute atomic E-state index is 0.228. The van der Waals surface area contributed by atoms with Crippen molar-refractivity contribution < 1.29 is 14.6 Å². The smallest absolute Gasteiger partial charge is 0.270 e. The maximum atomic E-state index is 13.1. The van der Waals surface area contributed by atoms with E-state index >= 15 is 0 Å². The van der Waals surface area contributed by atoms with Crippen molar-refractivity contribution in [1.29, 1.82) is 0 Å². The molecular weight excluding hydrogens is 440 g/mol. The third kappa shape index (κ3) is 5.00. The highest BCUT2D eigenvalue weighted by Gasteiger charge is 2.25. The van der Waals surface area contributed by atoms with E-state index in [1.54, 1.807) is 13.3 Å². The first-order chi connectivity index (χ1) is 17.1. The third-order valence-corrected chi connectivity index (χ3v) is 6.54. The molecule has 0 unspecified atom stereocenters. The lowest BCUT2D eigenvalue weighted by molar-refractivity contribution is 0.0714. The van der Waals surface area contributed by atoms with Crippen molar-refractivity contribution >= 4 is 16.8 Å². The van der Waals surface area contributed by atoms with Crippen LogP contribution in [-0.2, 0) is 6.42 Å². The van der Waals surface area contributed by atoms with Crippen molar-refractivity contribution in [1.82, 2.24) is 20.3 Å². The molecule has 1 aromatic carbocycles. The van der Waals surface area contributed by atoms with Gasteiger partial charge < -0.3 is 15.2 Å². The van der Waals surface area contributed by atoms with E-state index in [1.165, 1.54) is 0 Å². The predicted molar refractivity (Wildman–Crippen MR) is 134 cm³/mol. The van der Waals surface area contributed by atoms with E-state index in [-0.39, 0.29) is 11.9 Å². The molecule has 3 aromatic heterocycles. The molecule has 0 saturated heterocycles. The zero-order valence-corrected chi connectivity index (χ0v) is 19.6. The Morgan fingerprint density at radius 2 is 1.94 bits per heavy atom. The molecule has 1 aliphatic rings. The minimum atomic E-state index is -0.504. The van der Waals surface area contributed by atoms with Crippen LogP contribution in [0, 0.1) is 0 Å². The molecule has 0 spiro atoms. The maximum absolute atomic E-state index is 13.1. The fraction of sp³-hybridized carbons (Fsp3) is 0.286. The SMILES string of the molecule is COc1ncccc1-c1ccc(Cc2cc(C(=O)N[C@H]3CCCC[C@@H]3O)nc3ccccc23)cn1. The summed E-state index contributed by atoms with van der Waals surface area (Å²) in [7, 11) is 1.59. The molecule has 7 heteroatoms. The van der Waals surface area contributed by atoms with Gasteiger partial charge in [-0.1, -0.05) is 37.1 Å². The first kappa shape index (κ1) is 22.9. The van der Waals surface area contributed by atoms with Crippen LogP contribution in [0.2, 0.25) is 0 Å². The topological polar surface area (TPSA) is 97.2 Å². The van der Waals surface area contributed by atoms with E-state index in [0.29, 0.717) is 18.0 Å². The van der Waals surface area contributed by atoms with Gasteiger partial charge in [0.05, 0.1) is 36.0 Å². The monoisotopic (exact) mass is 468 g/mol. The Morgan fingerprint density at radius 1 is 1.09 bits per heavy atom. The van der Waals surface area contributed by atoms with Crippen LogP contribution >= 0.6 is 0 Å². The van der Waals surface area contributed by atoms with Gasteiger partial charge in [0.2, 0.25) is 5.88 Å². The fourth-order valence-corrected chi connectivity index (χ4v) is 4.69. The molecule has 178 valence electrons. The molecule has 0 bridgehead atoms. The van der Waals surface area contributed by atoms with Gasteiger partial charge in [-0.2, -0.15) is 0 Å². The van der Waals surface area contributed by atoms with E-state index in [2.05, 4.69) is 20.3 Å². The van der Waals surface area contributed by atoms with Crippen LogP contribution in [0.4, 0.5) is 0 Å². The number of fused-ring (bicyclic) bond motifs is 1. The van der Waals surface area contributed by atoms with Crippen LogP contribution in [0.3, 0.4) is 0 Å². The fourth-order valence-electron chi connectivity index (χ4n) is 4.69. The first-order valence-electron chi connectivity index (χ1n) is 11.9.